The first-order valence-electron chi connectivity index (χ1n) is 5.98. The standard InChI is InChI=1S/C13H17FN2O2S/c1-4-16(7-5-6-15)19(17,18)13-10(2)8-12(14)9-11(13)3/h8-9H,4-5,7H2,1-3H3. The van der Waals surface area contributed by atoms with Crippen molar-refractivity contribution < 1.29 is 12.8 Å². The number of nitriles is 1. The van der Waals surface area contributed by atoms with Crippen LogP contribution in [0.1, 0.15) is 24.5 Å². The highest BCUT2D eigenvalue weighted by Crippen LogP contribution is 2.24. The van der Waals surface area contributed by atoms with Crippen LogP contribution in [-0.2, 0) is 10.0 Å². The van der Waals surface area contributed by atoms with Crippen LogP contribution in [0.15, 0.2) is 17.0 Å². The van der Waals surface area contributed by atoms with E-state index in [1.807, 2.05) is 6.07 Å². The van der Waals surface area contributed by atoms with Gasteiger partial charge in [0.05, 0.1) is 11.0 Å². The van der Waals surface area contributed by atoms with Gasteiger partial charge in [-0.3, -0.25) is 0 Å². The number of nitrogens with zero attached hydrogens (tertiary/aromatic N) is 2. The molecule has 0 aliphatic heterocycles. The van der Waals surface area contributed by atoms with E-state index in [0.29, 0.717) is 11.1 Å². The number of rotatable bonds is 5. The Labute approximate surface area is 113 Å². The van der Waals surface area contributed by atoms with Gasteiger partial charge >= 0.3 is 0 Å². The summed E-state index contributed by atoms with van der Waals surface area (Å²) in [5.41, 5.74) is 0.765. The molecule has 1 aromatic carbocycles. The molecule has 0 spiro atoms. The quantitative estimate of drug-likeness (QED) is 0.834. The molecule has 0 radical (unpaired) electrons. The number of halogens is 1. The molecule has 0 saturated heterocycles. The van der Waals surface area contributed by atoms with Gasteiger partial charge in [0.15, 0.2) is 0 Å². The van der Waals surface area contributed by atoms with Crippen molar-refractivity contribution in [1.29, 1.82) is 5.26 Å². The molecule has 0 aliphatic rings. The van der Waals surface area contributed by atoms with E-state index < -0.39 is 15.8 Å². The first kappa shape index (κ1) is 15.6. The van der Waals surface area contributed by atoms with Gasteiger partial charge in [-0.15, -0.1) is 0 Å². The summed E-state index contributed by atoms with van der Waals surface area (Å²) in [6, 6.07) is 4.34. The Kier molecular flexibility index (Phi) is 5.04. The van der Waals surface area contributed by atoms with Crippen LogP contribution in [0.4, 0.5) is 4.39 Å². The lowest BCUT2D eigenvalue weighted by Crippen LogP contribution is -2.32. The molecule has 104 valence electrons. The minimum absolute atomic E-state index is 0.131. The van der Waals surface area contributed by atoms with Crippen LogP contribution in [0.2, 0.25) is 0 Å². The fourth-order valence-electron chi connectivity index (χ4n) is 2.06. The third kappa shape index (κ3) is 3.31. The van der Waals surface area contributed by atoms with Crippen molar-refractivity contribution in [2.75, 3.05) is 13.1 Å². The number of hydrogen-bond donors (Lipinski definition) is 0. The van der Waals surface area contributed by atoms with Crippen LogP contribution in [-0.4, -0.2) is 25.8 Å². The molecule has 0 bridgehead atoms. The highest BCUT2D eigenvalue weighted by Gasteiger charge is 2.26. The zero-order chi connectivity index (χ0) is 14.6. The number of hydrogen-bond acceptors (Lipinski definition) is 3. The zero-order valence-electron chi connectivity index (χ0n) is 11.3. The Morgan fingerprint density at radius 1 is 1.32 bits per heavy atom. The fourth-order valence-corrected chi connectivity index (χ4v) is 3.92. The minimum Gasteiger partial charge on any atom is -0.207 e. The lowest BCUT2D eigenvalue weighted by Gasteiger charge is -2.21. The van der Waals surface area contributed by atoms with Crippen LogP contribution in [0.25, 0.3) is 0 Å². The van der Waals surface area contributed by atoms with Crippen LogP contribution in [0, 0.1) is 31.0 Å². The SMILES string of the molecule is CCN(CCC#N)S(=O)(=O)c1c(C)cc(F)cc1C. The monoisotopic (exact) mass is 284 g/mol. The molecule has 0 heterocycles. The first-order valence-corrected chi connectivity index (χ1v) is 7.42. The topological polar surface area (TPSA) is 61.2 Å². The maximum atomic E-state index is 13.2. The molecule has 19 heavy (non-hydrogen) atoms. The van der Waals surface area contributed by atoms with Gasteiger partial charge in [-0.2, -0.15) is 9.57 Å². The molecule has 0 N–H and O–H groups in total. The van der Waals surface area contributed by atoms with E-state index in [-0.39, 0.29) is 24.4 Å². The molecular weight excluding hydrogens is 267 g/mol. The second-order valence-electron chi connectivity index (χ2n) is 4.27. The van der Waals surface area contributed by atoms with Crippen LogP contribution in [0.5, 0.6) is 0 Å². The third-order valence-corrected chi connectivity index (χ3v) is 5.13. The van der Waals surface area contributed by atoms with Crippen molar-refractivity contribution in [2.45, 2.75) is 32.1 Å². The average molecular weight is 284 g/mol. The predicted octanol–water partition coefficient (Wildman–Crippen LogP) is 2.37. The van der Waals surface area contributed by atoms with Crippen molar-refractivity contribution in [3.05, 3.63) is 29.1 Å². The molecule has 1 aromatic rings. The summed E-state index contributed by atoms with van der Waals surface area (Å²) >= 11 is 0. The lowest BCUT2D eigenvalue weighted by molar-refractivity contribution is 0.434. The molecule has 1 rings (SSSR count). The van der Waals surface area contributed by atoms with Gasteiger partial charge in [0, 0.05) is 19.5 Å². The molecule has 0 aliphatic carbocycles. The Bertz CT molecular complexity index is 583. The Hall–Kier alpha value is -1.45. The van der Waals surface area contributed by atoms with Gasteiger partial charge in [0.25, 0.3) is 0 Å². The molecule has 0 amide bonds. The third-order valence-electron chi connectivity index (χ3n) is 2.85. The maximum absolute atomic E-state index is 13.2. The van der Waals surface area contributed by atoms with E-state index in [1.54, 1.807) is 20.8 Å². The number of sulfonamides is 1. The predicted molar refractivity (Wildman–Crippen MR) is 70.5 cm³/mol. The van der Waals surface area contributed by atoms with Crippen molar-refractivity contribution in [2.24, 2.45) is 0 Å². The van der Waals surface area contributed by atoms with Gasteiger partial charge in [-0.05, 0) is 37.1 Å². The van der Waals surface area contributed by atoms with Gasteiger partial charge in [-0.1, -0.05) is 6.92 Å². The first-order chi connectivity index (χ1) is 8.84. The Morgan fingerprint density at radius 3 is 2.26 bits per heavy atom. The lowest BCUT2D eigenvalue weighted by atomic mass is 10.1. The van der Waals surface area contributed by atoms with Gasteiger partial charge < -0.3 is 0 Å². The maximum Gasteiger partial charge on any atom is 0.243 e. The second kappa shape index (κ2) is 6.13. The summed E-state index contributed by atoms with van der Waals surface area (Å²) in [4.78, 5) is 0.133. The van der Waals surface area contributed by atoms with E-state index >= 15 is 0 Å². The van der Waals surface area contributed by atoms with Gasteiger partial charge in [-0.25, -0.2) is 12.8 Å². The van der Waals surface area contributed by atoms with Crippen LogP contribution < -0.4 is 0 Å². The summed E-state index contributed by atoms with van der Waals surface area (Å²) in [5.74, 6) is -0.450. The molecule has 0 saturated carbocycles. The summed E-state index contributed by atoms with van der Waals surface area (Å²) in [7, 11) is -3.69. The van der Waals surface area contributed by atoms with E-state index in [0.717, 1.165) is 0 Å². The van der Waals surface area contributed by atoms with Crippen molar-refractivity contribution in [3.63, 3.8) is 0 Å². The summed E-state index contributed by atoms with van der Waals surface area (Å²) in [5, 5.41) is 8.57. The highest BCUT2D eigenvalue weighted by atomic mass is 32.2. The van der Waals surface area contributed by atoms with E-state index in [1.165, 1.54) is 16.4 Å². The number of aryl methyl sites for hydroxylation is 2. The molecule has 0 aromatic heterocycles. The van der Waals surface area contributed by atoms with Gasteiger partial charge in [0.1, 0.15) is 5.82 Å². The van der Waals surface area contributed by atoms with E-state index in [9.17, 15) is 12.8 Å². The molecular formula is C13H17FN2O2S. The average Bonchev–Trinajstić information content (AvgIpc) is 2.27. The number of benzene rings is 1. The van der Waals surface area contributed by atoms with Crippen LogP contribution >= 0.6 is 0 Å². The Morgan fingerprint density at radius 2 is 1.84 bits per heavy atom. The van der Waals surface area contributed by atoms with Crippen molar-refractivity contribution in [1.82, 2.24) is 4.31 Å². The molecule has 0 fully saturated rings. The largest absolute Gasteiger partial charge is 0.243 e. The summed E-state index contributed by atoms with van der Waals surface area (Å²) in [6.07, 6.45) is 0.131. The summed E-state index contributed by atoms with van der Waals surface area (Å²) < 4.78 is 39.5. The minimum atomic E-state index is -3.69. The van der Waals surface area contributed by atoms with Crippen molar-refractivity contribution in [3.8, 4) is 6.07 Å². The normalized spacial score (nSPS) is 11.6. The molecule has 4 nitrogen and oxygen atoms in total. The smallest absolute Gasteiger partial charge is 0.207 e. The van der Waals surface area contributed by atoms with Gasteiger partial charge in [0.2, 0.25) is 10.0 Å². The summed E-state index contributed by atoms with van der Waals surface area (Å²) in [6.45, 7) is 5.27. The van der Waals surface area contributed by atoms with Crippen LogP contribution in [0.3, 0.4) is 0 Å². The Balaban J connectivity index is 3.31. The molecule has 0 atom stereocenters. The molecule has 6 heteroatoms. The van der Waals surface area contributed by atoms with E-state index in [4.69, 9.17) is 5.26 Å². The second-order valence-corrected chi connectivity index (χ2v) is 6.15. The van der Waals surface area contributed by atoms with Crippen molar-refractivity contribution >= 4 is 10.0 Å². The van der Waals surface area contributed by atoms with E-state index in [2.05, 4.69) is 0 Å². The zero-order valence-corrected chi connectivity index (χ0v) is 12.1. The molecule has 0 unspecified atom stereocenters. The fraction of sp³-hybridized carbons (Fsp3) is 0.462. The highest BCUT2D eigenvalue weighted by molar-refractivity contribution is 7.89.